The Morgan fingerprint density at radius 1 is 1.24 bits per heavy atom. The summed E-state index contributed by atoms with van der Waals surface area (Å²) in [7, 11) is -0.321. The molecule has 1 rings (SSSR count). The van der Waals surface area contributed by atoms with Gasteiger partial charge in [-0.15, -0.1) is 4.41 Å². The van der Waals surface area contributed by atoms with E-state index in [1.54, 1.807) is 19.1 Å². The van der Waals surface area contributed by atoms with E-state index in [-0.39, 0.29) is 10.5 Å². The number of hydrazine groups is 1. The maximum Gasteiger partial charge on any atom is 0.255 e. The van der Waals surface area contributed by atoms with E-state index in [1.165, 1.54) is 28.7 Å². The molecule has 21 heavy (non-hydrogen) atoms. The lowest BCUT2D eigenvalue weighted by Crippen LogP contribution is -2.42. The molecule has 0 atom stereocenters. The van der Waals surface area contributed by atoms with Gasteiger partial charge in [0.15, 0.2) is 0 Å². The molecule has 1 amide bonds. The molecular formula is C14H23N3O3S. The summed E-state index contributed by atoms with van der Waals surface area (Å²) in [6.07, 6.45) is 2.75. The number of hydrogen-bond donors (Lipinski definition) is 1. The highest BCUT2D eigenvalue weighted by Crippen LogP contribution is 2.18. The highest BCUT2D eigenvalue weighted by molar-refractivity contribution is 7.89. The molecule has 6 nitrogen and oxygen atoms in total. The maximum atomic E-state index is 12.7. The zero-order valence-corrected chi connectivity index (χ0v) is 13.6. The van der Waals surface area contributed by atoms with Crippen molar-refractivity contribution in [3.63, 3.8) is 0 Å². The molecule has 0 saturated heterocycles. The van der Waals surface area contributed by atoms with Crippen LogP contribution in [0.3, 0.4) is 0 Å². The van der Waals surface area contributed by atoms with E-state index in [0.29, 0.717) is 6.54 Å². The number of hydrogen-bond acceptors (Lipinski definition) is 4. The van der Waals surface area contributed by atoms with Gasteiger partial charge < -0.3 is 5.73 Å². The van der Waals surface area contributed by atoms with Crippen LogP contribution in [-0.4, -0.2) is 44.4 Å². The summed E-state index contributed by atoms with van der Waals surface area (Å²) in [4.78, 5) is 11.3. The number of nitrogens with zero attached hydrogens (tertiary/aromatic N) is 2. The Hall–Kier alpha value is -1.44. The first kappa shape index (κ1) is 17.6. The normalized spacial score (nSPS) is 12.0. The van der Waals surface area contributed by atoms with Crippen molar-refractivity contribution in [1.29, 1.82) is 0 Å². The van der Waals surface area contributed by atoms with E-state index >= 15 is 0 Å². The topological polar surface area (TPSA) is 83.7 Å². The molecule has 0 bridgehead atoms. The Labute approximate surface area is 126 Å². The van der Waals surface area contributed by atoms with E-state index in [2.05, 4.69) is 6.92 Å². The van der Waals surface area contributed by atoms with Gasteiger partial charge >= 0.3 is 0 Å². The monoisotopic (exact) mass is 313 g/mol. The molecule has 1 aromatic rings. The lowest BCUT2D eigenvalue weighted by Gasteiger charge is -2.28. The number of rotatable bonds is 8. The molecule has 0 fully saturated rings. The molecule has 0 unspecified atom stereocenters. The summed E-state index contributed by atoms with van der Waals surface area (Å²) in [5.74, 6) is -0.644. The minimum atomic E-state index is -3.69. The van der Waals surface area contributed by atoms with Crippen LogP contribution < -0.4 is 5.73 Å². The molecule has 0 aliphatic carbocycles. The quantitative estimate of drug-likeness (QED) is 0.581. The summed E-state index contributed by atoms with van der Waals surface area (Å²) in [6.45, 7) is 2.47. The van der Waals surface area contributed by atoms with Gasteiger partial charge in [-0.25, -0.2) is 13.4 Å². The van der Waals surface area contributed by atoms with Crippen molar-refractivity contribution < 1.29 is 13.2 Å². The van der Waals surface area contributed by atoms with Crippen molar-refractivity contribution in [2.45, 2.75) is 31.1 Å². The molecule has 0 aromatic heterocycles. The Balaban J connectivity index is 3.10. The molecular weight excluding hydrogens is 290 g/mol. The van der Waals surface area contributed by atoms with Crippen LogP contribution in [0.4, 0.5) is 0 Å². The third-order valence-corrected chi connectivity index (χ3v) is 5.01. The predicted octanol–water partition coefficient (Wildman–Crippen LogP) is 1.44. The second-order valence-electron chi connectivity index (χ2n) is 5.00. The molecule has 0 heterocycles. The molecule has 0 saturated carbocycles. The largest absolute Gasteiger partial charge is 0.366 e. The first-order chi connectivity index (χ1) is 9.80. The van der Waals surface area contributed by atoms with Gasteiger partial charge in [0.1, 0.15) is 0 Å². The fourth-order valence-corrected chi connectivity index (χ4v) is 3.53. The first-order valence-electron chi connectivity index (χ1n) is 6.90. The van der Waals surface area contributed by atoms with Crippen LogP contribution in [0.15, 0.2) is 29.2 Å². The zero-order chi connectivity index (χ0) is 16.0. The number of unbranched alkanes of at least 4 members (excludes halogenated alkanes) is 2. The molecule has 0 aliphatic heterocycles. The van der Waals surface area contributed by atoms with Gasteiger partial charge in [-0.1, -0.05) is 25.8 Å². The van der Waals surface area contributed by atoms with Gasteiger partial charge in [0, 0.05) is 26.2 Å². The van der Waals surface area contributed by atoms with Crippen molar-refractivity contribution in [3.05, 3.63) is 29.8 Å². The van der Waals surface area contributed by atoms with Crippen molar-refractivity contribution in [1.82, 2.24) is 9.42 Å². The van der Waals surface area contributed by atoms with Crippen LogP contribution in [0.5, 0.6) is 0 Å². The summed E-state index contributed by atoms with van der Waals surface area (Å²) >= 11 is 0. The lowest BCUT2D eigenvalue weighted by atomic mass is 10.2. The Bertz CT molecular complexity index is 585. The predicted molar refractivity (Wildman–Crippen MR) is 82.1 cm³/mol. The van der Waals surface area contributed by atoms with Gasteiger partial charge in [0.25, 0.3) is 10.0 Å². The maximum absolute atomic E-state index is 12.7. The van der Waals surface area contributed by atoms with Crippen molar-refractivity contribution in [3.8, 4) is 0 Å². The number of benzene rings is 1. The smallest absolute Gasteiger partial charge is 0.255 e. The van der Waals surface area contributed by atoms with Crippen LogP contribution >= 0.6 is 0 Å². The minimum absolute atomic E-state index is 0.0731. The third kappa shape index (κ3) is 4.52. The Kier molecular flexibility index (Phi) is 6.32. The van der Waals surface area contributed by atoms with E-state index < -0.39 is 15.9 Å². The number of amides is 1. The van der Waals surface area contributed by atoms with Crippen LogP contribution in [0.25, 0.3) is 0 Å². The van der Waals surface area contributed by atoms with E-state index in [1.807, 2.05) is 0 Å². The summed E-state index contributed by atoms with van der Waals surface area (Å²) in [6, 6.07) is 5.80. The SMILES string of the molecule is CCCCCN(N(C)C)S(=O)(=O)c1cccc(C(N)=O)c1. The Morgan fingerprint density at radius 3 is 2.43 bits per heavy atom. The van der Waals surface area contributed by atoms with Crippen LogP contribution in [-0.2, 0) is 10.0 Å². The average Bonchev–Trinajstić information content (AvgIpc) is 2.43. The van der Waals surface area contributed by atoms with Crippen LogP contribution in [0.1, 0.15) is 36.5 Å². The van der Waals surface area contributed by atoms with Crippen LogP contribution in [0, 0.1) is 0 Å². The highest BCUT2D eigenvalue weighted by Gasteiger charge is 2.26. The van der Waals surface area contributed by atoms with Crippen molar-refractivity contribution >= 4 is 15.9 Å². The van der Waals surface area contributed by atoms with Gasteiger partial charge in [-0.3, -0.25) is 4.79 Å². The first-order valence-corrected chi connectivity index (χ1v) is 8.34. The summed E-state index contributed by atoms with van der Waals surface area (Å²) < 4.78 is 26.7. The fraction of sp³-hybridized carbons (Fsp3) is 0.500. The second kappa shape index (κ2) is 7.53. The van der Waals surface area contributed by atoms with Gasteiger partial charge in [-0.2, -0.15) is 0 Å². The molecule has 0 radical (unpaired) electrons. The summed E-state index contributed by atoms with van der Waals surface area (Å²) in [5, 5.41) is 1.54. The van der Waals surface area contributed by atoms with Gasteiger partial charge in [0.05, 0.1) is 4.90 Å². The van der Waals surface area contributed by atoms with Crippen LogP contribution in [0.2, 0.25) is 0 Å². The zero-order valence-electron chi connectivity index (χ0n) is 12.7. The molecule has 118 valence electrons. The summed E-state index contributed by atoms with van der Waals surface area (Å²) in [5.41, 5.74) is 5.39. The van der Waals surface area contributed by atoms with Crippen molar-refractivity contribution in [2.24, 2.45) is 5.73 Å². The number of sulfonamides is 1. The average molecular weight is 313 g/mol. The van der Waals surface area contributed by atoms with E-state index in [0.717, 1.165) is 19.3 Å². The standard InChI is InChI=1S/C14H23N3O3S/c1-4-5-6-10-17(16(2)3)21(19,20)13-9-7-8-12(11-13)14(15)18/h7-9,11H,4-6,10H2,1-3H3,(H2,15,18). The van der Waals surface area contributed by atoms with Crippen molar-refractivity contribution in [2.75, 3.05) is 20.6 Å². The third-order valence-electron chi connectivity index (χ3n) is 3.09. The fourth-order valence-electron chi connectivity index (χ4n) is 1.96. The van der Waals surface area contributed by atoms with E-state index in [9.17, 15) is 13.2 Å². The highest BCUT2D eigenvalue weighted by atomic mass is 32.2. The number of carbonyl (C=O) groups is 1. The molecule has 0 aliphatic rings. The minimum Gasteiger partial charge on any atom is -0.366 e. The number of carbonyl (C=O) groups excluding carboxylic acids is 1. The van der Waals surface area contributed by atoms with Gasteiger partial charge in [-0.05, 0) is 24.6 Å². The Morgan fingerprint density at radius 2 is 1.90 bits per heavy atom. The molecule has 7 heteroatoms. The van der Waals surface area contributed by atoms with E-state index in [4.69, 9.17) is 5.73 Å². The molecule has 2 N–H and O–H groups in total. The lowest BCUT2D eigenvalue weighted by molar-refractivity contribution is 0.1000. The molecule has 1 aromatic carbocycles. The molecule has 0 spiro atoms. The number of primary amides is 1. The van der Waals surface area contributed by atoms with Gasteiger partial charge in [0.2, 0.25) is 5.91 Å². The number of nitrogens with two attached hydrogens (primary N) is 1. The second-order valence-corrected chi connectivity index (χ2v) is 6.84.